The van der Waals surface area contributed by atoms with Crippen molar-refractivity contribution in [3.05, 3.63) is 40.2 Å². The molecule has 19 heavy (non-hydrogen) atoms. The van der Waals surface area contributed by atoms with Crippen molar-refractivity contribution in [1.82, 2.24) is 0 Å². The minimum absolute atomic E-state index is 0.0125. The molecular formula is C14H14O5. The van der Waals surface area contributed by atoms with Crippen molar-refractivity contribution in [3.8, 4) is 5.75 Å². The number of aliphatic hydroxyl groups is 1. The molecule has 1 aromatic heterocycles. The molecule has 2 rings (SSSR count). The van der Waals surface area contributed by atoms with Crippen molar-refractivity contribution < 1.29 is 19.1 Å². The Labute approximate surface area is 109 Å². The van der Waals surface area contributed by atoms with Crippen molar-refractivity contribution >= 4 is 16.8 Å². The van der Waals surface area contributed by atoms with Crippen molar-refractivity contribution in [2.75, 3.05) is 7.11 Å². The van der Waals surface area contributed by atoms with Gasteiger partial charge in [0.15, 0.2) is 0 Å². The molecule has 0 radical (unpaired) electrons. The fourth-order valence-corrected chi connectivity index (χ4v) is 1.93. The highest BCUT2D eigenvalue weighted by atomic mass is 16.5. The molecule has 100 valence electrons. The zero-order chi connectivity index (χ0) is 14.0. The number of benzene rings is 1. The van der Waals surface area contributed by atoms with Crippen LogP contribution in [-0.4, -0.2) is 18.0 Å². The minimum atomic E-state index is -0.941. The van der Waals surface area contributed by atoms with Gasteiger partial charge in [0.05, 0.1) is 13.2 Å². The van der Waals surface area contributed by atoms with Gasteiger partial charge in [-0.3, -0.25) is 4.79 Å². The van der Waals surface area contributed by atoms with Gasteiger partial charge in [-0.15, -0.1) is 0 Å². The number of fused-ring (bicyclic) bond motifs is 1. The van der Waals surface area contributed by atoms with Crippen LogP contribution in [0.4, 0.5) is 0 Å². The van der Waals surface area contributed by atoms with Gasteiger partial charge in [0, 0.05) is 29.5 Å². The first-order chi connectivity index (χ1) is 9.01. The zero-order valence-electron chi connectivity index (χ0n) is 10.7. The van der Waals surface area contributed by atoms with Crippen LogP contribution in [0, 0.1) is 0 Å². The quantitative estimate of drug-likeness (QED) is 0.850. The summed E-state index contributed by atoms with van der Waals surface area (Å²) in [6.45, 7) is 1.41. The number of methoxy groups -OCH3 is 1. The molecule has 1 unspecified atom stereocenters. The van der Waals surface area contributed by atoms with E-state index in [2.05, 4.69) is 0 Å². The number of carbonyl (C=O) groups is 1. The number of ether oxygens (including phenoxy) is 1. The fraction of sp³-hybridized carbons (Fsp3) is 0.286. The molecular weight excluding hydrogens is 248 g/mol. The van der Waals surface area contributed by atoms with Gasteiger partial charge < -0.3 is 14.3 Å². The Bertz CT molecular complexity index is 671. The summed E-state index contributed by atoms with van der Waals surface area (Å²) in [7, 11) is 1.45. The van der Waals surface area contributed by atoms with Crippen LogP contribution in [-0.2, 0) is 4.79 Å². The zero-order valence-corrected chi connectivity index (χ0v) is 10.7. The van der Waals surface area contributed by atoms with E-state index in [0.29, 0.717) is 22.3 Å². The summed E-state index contributed by atoms with van der Waals surface area (Å²) in [5, 5.41) is 10.7. The third-order valence-electron chi connectivity index (χ3n) is 2.81. The Morgan fingerprint density at radius 1 is 1.42 bits per heavy atom. The highest BCUT2D eigenvalue weighted by Crippen LogP contribution is 2.31. The molecule has 0 aliphatic carbocycles. The van der Waals surface area contributed by atoms with Crippen LogP contribution in [0.1, 0.15) is 25.0 Å². The molecule has 5 nitrogen and oxygen atoms in total. The van der Waals surface area contributed by atoms with Crippen LogP contribution >= 0.6 is 0 Å². The van der Waals surface area contributed by atoms with E-state index in [-0.39, 0.29) is 12.2 Å². The second-order valence-corrected chi connectivity index (χ2v) is 4.31. The minimum Gasteiger partial charge on any atom is -0.496 e. The van der Waals surface area contributed by atoms with Crippen molar-refractivity contribution in [2.24, 2.45) is 0 Å². The Morgan fingerprint density at radius 3 is 2.79 bits per heavy atom. The van der Waals surface area contributed by atoms with Gasteiger partial charge in [0.2, 0.25) is 0 Å². The topological polar surface area (TPSA) is 76.7 Å². The van der Waals surface area contributed by atoms with Crippen LogP contribution < -0.4 is 10.4 Å². The fourth-order valence-electron chi connectivity index (χ4n) is 1.93. The summed E-state index contributed by atoms with van der Waals surface area (Å²) >= 11 is 0. The normalized spacial score (nSPS) is 12.4. The molecule has 1 aromatic carbocycles. The second-order valence-electron chi connectivity index (χ2n) is 4.31. The van der Waals surface area contributed by atoms with Gasteiger partial charge in [-0.2, -0.15) is 0 Å². The van der Waals surface area contributed by atoms with Crippen molar-refractivity contribution in [3.63, 3.8) is 0 Å². The van der Waals surface area contributed by atoms with Crippen LogP contribution in [0.2, 0.25) is 0 Å². The molecule has 0 aliphatic heterocycles. The third-order valence-corrected chi connectivity index (χ3v) is 2.81. The van der Waals surface area contributed by atoms with Crippen LogP contribution in [0.5, 0.6) is 5.75 Å². The van der Waals surface area contributed by atoms with Gasteiger partial charge >= 0.3 is 5.63 Å². The van der Waals surface area contributed by atoms with E-state index in [0.717, 1.165) is 0 Å². The van der Waals surface area contributed by atoms with Gasteiger partial charge in [-0.25, -0.2) is 4.79 Å². The molecule has 0 saturated carbocycles. The van der Waals surface area contributed by atoms with Crippen LogP contribution in [0.3, 0.4) is 0 Å². The Kier molecular flexibility index (Phi) is 3.66. The van der Waals surface area contributed by atoms with Crippen molar-refractivity contribution in [2.45, 2.75) is 19.4 Å². The first-order valence-corrected chi connectivity index (χ1v) is 5.80. The average Bonchev–Trinajstić information content (AvgIpc) is 2.36. The van der Waals surface area contributed by atoms with E-state index < -0.39 is 11.7 Å². The standard InChI is InChI=1S/C14H14O5/c1-8(15)5-11(16)10-6-9-3-4-14(17)19-12(9)7-13(10)18-2/h3-4,6-7,11,16H,5H2,1-2H3. The molecule has 1 atom stereocenters. The molecule has 0 aliphatic rings. The molecule has 2 aromatic rings. The van der Waals surface area contributed by atoms with Crippen LogP contribution in [0.15, 0.2) is 33.5 Å². The molecule has 0 amide bonds. The van der Waals surface area contributed by atoms with Crippen molar-refractivity contribution in [1.29, 1.82) is 0 Å². The van der Waals surface area contributed by atoms with E-state index in [1.165, 1.54) is 26.2 Å². The number of hydrogen-bond donors (Lipinski definition) is 1. The van der Waals surface area contributed by atoms with Gasteiger partial charge in [0.1, 0.15) is 17.1 Å². The average molecular weight is 262 g/mol. The SMILES string of the molecule is COc1cc2oc(=O)ccc2cc1C(O)CC(C)=O. The predicted octanol–water partition coefficient (Wildman–Crippen LogP) is 1.81. The smallest absolute Gasteiger partial charge is 0.336 e. The number of rotatable bonds is 4. The monoisotopic (exact) mass is 262 g/mol. The summed E-state index contributed by atoms with van der Waals surface area (Å²) in [4.78, 5) is 22.2. The summed E-state index contributed by atoms with van der Waals surface area (Å²) in [6, 6.07) is 6.10. The first kappa shape index (κ1) is 13.3. The highest BCUT2D eigenvalue weighted by molar-refractivity contribution is 5.80. The second kappa shape index (κ2) is 5.24. The third kappa shape index (κ3) is 2.82. The Morgan fingerprint density at radius 2 is 2.16 bits per heavy atom. The lowest BCUT2D eigenvalue weighted by atomic mass is 10.0. The molecule has 0 bridgehead atoms. The van der Waals surface area contributed by atoms with E-state index in [4.69, 9.17) is 9.15 Å². The number of Topliss-reactive ketones (excluding diaryl/α,β-unsaturated/α-hetero) is 1. The molecule has 1 N–H and O–H groups in total. The van der Waals surface area contributed by atoms with E-state index in [1.54, 1.807) is 12.1 Å². The van der Waals surface area contributed by atoms with Gasteiger partial charge in [-0.1, -0.05) is 0 Å². The van der Waals surface area contributed by atoms with Gasteiger partial charge in [0.25, 0.3) is 0 Å². The maximum Gasteiger partial charge on any atom is 0.336 e. The number of carbonyl (C=O) groups excluding carboxylic acids is 1. The maximum atomic E-state index is 11.1. The Hall–Kier alpha value is -2.14. The summed E-state index contributed by atoms with van der Waals surface area (Å²) in [5.74, 6) is 0.268. The summed E-state index contributed by atoms with van der Waals surface area (Å²) in [5.41, 5.74) is 0.425. The number of ketones is 1. The summed E-state index contributed by atoms with van der Waals surface area (Å²) in [6.07, 6.45) is -0.928. The number of hydrogen-bond acceptors (Lipinski definition) is 5. The first-order valence-electron chi connectivity index (χ1n) is 5.80. The summed E-state index contributed by atoms with van der Waals surface area (Å²) < 4.78 is 10.2. The van der Waals surface area contributed by atoms with Gasteiger partial charge in [-0.05, 0) is 19.1 Å². The Balaban J connectivity index is 2.56. The van der Waals surface area contributed by atoms with E-state index >= 15 is 0 Å². The lowest BCUT2D eigenvalue weighted by Gasteiger charge is -2.14. The predicted molar refractivity (Wildman–Crippen MR) is 69.3 cm³/mol. The molecule has 0 saturated heterocycles. The van der Waals surface area contributed by atoms with E-state index in [1.807, 2.05) is 0 Å². The molecule has 0 spiro atoms. The maximum absolute atomic E-state index is 11.1. The molecule has 0 fully saturated rings. The lowest BCUT2D eigenvalue weighted by Crippen LogP contribution is -2.06. The largest absolute Gasteiger partial charge is 0.496 e. The van der Waals surface area contributed by atoms with E-state index in [9.17, 15) is 14.7 Å². The molecule has 1 heterocycles. The number of aliphatic hydroxyl groups excluding tert-OH is 1. The molecule has 5 heteroatoms. The lowest BCUT2D eigenvalue weighted by molar-refractivity contribution is -0.118. The highest BCUT2D eigenvalue weighted by Gasteiger charge is 2.17. The van der Waals surface area contributed by atoms with Crippen LogP contribution in [0.25, 0.3) is 11.0 Å².